The highest BCUT2D eigenvalue weighted by atomic mass is 16.2. The number of carbonyl (C=O) groups excluding carboxylic acids is 1. The van der Waals surface area contributed by atoms with Crippen LogP contribution in [0.3, 0.4) is 0 Å². The van der Waals surface area contributed by atoms with Gasteiger partial charge in [0, 0.05) is 52.2 Å². The third-order valence-electron chi connectivity index (χ3n) is 4.50. The molecule has 5 nitrogen and oxygen atoms in total. The van der Waals surface area contributed by atoms with Crippen LogP contribution in [0.4, 0.5) is 0 Å². The third-order valence-corrected chi connectivity index (χ3v) is 4.50. The molecule has 1 aliphatic heterocycles. The van der Waals surface area contributed by atoms with Crippen LogP contribution in [-0.2, 0) is 17.9 Å². The number of piperazine rings is 1. The minimum absolute atomic E-state index is 0.191. The highest BCUT2D eigenvalue weighted by Gasteiger charge is 2.20. The monoisotopic (exact) mass is 318 g/mol. The maximum atomic E-state index is 11.8. The van der Waals surface area contributed by atoms with Crippen molar-refractivity contribution in [2.75, 3.05) is 46.3 Å². The fourth-order valence-corrected chi connectivity index (χ4v) is 2.87. The molecule has 1 aromatic carbocycles. The van der Waals surface area contributed by atoms with Crippen LogP contribution in [0.25, 0.3) is 0 Å². The van der Waals surface area contributed by atoms with Gasteiger partial charge in [-0.15, -0.1) is 0 Å². The minimum Gasteiger partial charge on any atom is -0.340 e. The molecule has 0 radical (unpaired) electrons. The quantitative estimate of drug-likeness (QED) is 0.819. The lowest BCUT2D eigenvalue weighted by Gasteiger charge is -2.34. The van der Waals surface area contributed by atoms with E-state index in [9.17, 15) is 4.79 Å². The molecule has 0 spiro atoms. The second-order valence-corrected chi connectivity index (χ2v) is 6.34. The van der Waals surface area contributed by atoms with Crippen LogP contribution in [0.5, 0.6) is 0 Å². The summed E-state index contributed by atoms with van der Waals surface area (Å²) in [5.74, 6) is 0.191. The summed E-state index contributed by atoms with van der Waals surface area (Å²) in [6.45, 7) is 9.16. The highest BCUT2D eigenvalue weighted by Crippen LogP contribution is 2.11. The Labute approximate surface area is 140 Å². The Morgan fingerprint density at radius 3 is 2.30 bits per heavy atom. The Kier molecular flexibility index (Phi) is 7.02. The Morgan fingerprint density at radius 1 is 1.13 bits per heavy atom. The Morgan fingerprint density at radius 2 is 1.74 bits per heavy atom. The number of hydrogen-bond acceptors (Lipinski definition) is 4. The van der Waals surface area contributed by atoms with Crippen LogP contribution in [0.2, 0.25) is 0 Å². The normalized spacial score (nSPS) is 16.1. The molecule has 0 aliphatic carbocycles. The fraction of sp³-hybridized carbons (Fsp3) is 0.611. The third kappa shape index (κ3) is 5.61. The number of rotatable bonds is 7. The van der Waals surface area contributed by atoms with Crippen LogP contribution >= 0.6 is 0 Å². The van der Waals surface area contributed by atoms with Crippen molar-refractivity contribution in [2.24, 2.45) is 5.73 Å². The highest BCUT2D eigenvalue weighted by molar-refractivity contribution is 5.76. The van der Waals surface area contributed by atoms with E-state index in [2.05, 4.69) is 48.0 Å². The zero-order chi connectivity index (χ0) is 16.7. The molecule has 0 unspecified atom stereocenters. The molecular formula is C18H30N4O. The first kappa shape index (κ1) is 17.9. The van der Waals surface area contributed by atoms with E-state index in [1.165, 1.54) is 11.1 Å². The van der Waals surface area contributed by atoms with Gasteiger partial charge in [-0.05, 0) is 24.7 Å². The van der Waals surface area contributed by atoms with Crippen molar-refractivity contribution in [1.29, 1.82) is 0 Å². The van der Waals surface area contributed by atoms with E-state index in [1.54, 1.807) is 0 Å². The number of benzene rings is 1. The van der Waals surface area contributed by atoms with Crippen LogP contribution in [0.15, 0.2) is 24.3 Å². The van der Waals surface area contributed by atoms with E-state index in [0.717, 1.165) is 45.8 Å². The van der Waals surface area contributed by atoms with E-state index in [0.29, 0.717) is 13.0 Å². The molecule has 1 aromatic rings. The summed E-state index contributed by atoms with van der Waals surface area (Å²) >= 11 is 0. The number of nitrogens with two attached hydrogens (primary N) is 1. The Hall–Kier alpha value is -1.43. The first-order chi connectivity index (χ1) is 11.1. The SMILES string of the molecule is CCN(C)Cc1ccc(CN2CCN(C(=O)CCN)CC2)cc1. The van der Waals surface area contributed by atoms with Crippen molar-refractivity contribution in [3.63, 3.8) is 0 Å². The van der Waals surface area contributed by atoms with Gasteiger partial charge in [-0.1, -0.05) is 31.2 Å². The van der Waals surface area contributed by atoms with Gasteiger partial charge in [-0.2, -0.15) is 0 Å². The van der Waals surface area contributed by atoms with Crippen molar-refractivity contribution in [2.45, 2.75) is 26.4 Å². The maximum absolute atomic E-state index is 11.8. The van der Waals surface area contributed by atoms with Crippen LogP contribution in [0.1, 0.15) is 24.5 Å². The average Bonchev–Trinajstić information content (AvgIpc) is 2.57. The Bertz CT molecular complexity index is 480. The molecule has 0 bridgehead atoms. The van der Waals surface area contributed by atoms with Crippen LogP contribution in [-0.4, -0.2) is 66.9 Å². The van der Waals surface area contributed by atoms with Crippen LogP contribution < -0.4 is 5.73 Å². The number of amides is 1. The molecule has 1 fully saturated rings. The van der Waals surface area contributed by atoms with E-state index < -0.39 is 0 Å². The van der Waals surface area contributed by atoms with Crippen molar-refractivity contribution in [3.8, 4) is 0 Å². The van der Waals surface area contributed by atoms with Gasteiger partial charge in [0.2, 0.25) is 5.91 Å². The summed E-state index contributed by atoms with van der Waals surface area (Å²) in [5, 5.41) is 0. The van der Waals surface area contributed by atoms with E-state index >= 15 is 0 Å². The first-order valence-corrected chi connectivity index (χ1v) is 8.59. The van der Waals surface area contributed by atoms with Crippen molar-refractivity contribution < 1.29 is 4.79 Å². The molecule has 2 rings (SSSR count). The lowest BCUT2D eigenvalue weighted by molar-refractivity contribution is -0.132. The van der Waals surface area contributed by atoms with Gasteiger partial charge in [0.05, 0.1) is 0 Å². The second kappa shape index (κ2) is 9.01. The summed E-state index contributed by atoms with van der Waals surface area (Å²) in [6.07, 6.45) is 0.466. The minimum atomic E-state index is 0.191. The predicted molar refractivity (Wildman–Crippen MR) is 94.0 cm³/mol. The molecule has 1 amide bonds. The standard InChI is InChI=1S/C18H30N4O/c1-3-20(2)14-16-4-6-17(7-5-16)15-21-10-12-22(13-11-21)18(23)8-9-19/h4-7H,3,8-15,19H2,1-2H3. The second-order valence-electron chi connectivity index (χ2n) is 6.34. The maximum Gasteiger partial charge on any atom is 0.223 e. The zero-order valence-electron chi connectivity index (χ0n) is 14.5. The molecule has 1 aliphatic rings. The molecule has 1 saturated heterocycles. The molecule has 5 heteroatoms. The number of carbonyl (C=O) groups is 1. The van der Waals surface area contributed by atoms with Crippen molar-refractivity contribution in [3.05, 3.63) is 35.4 Å². The van der Waals surface area contributed by atoms with Gasteiger partial charge in [0.15, 0.2) is 0 Å². The smallest absolute Gasteiger partial charge is 0.223 e. The van der Waals surface area contributed by atoms with Crippen LogP contribution in [0, 0.1) is 0 Å². The van der Waals surface area contributed by atoms with Gasteiger partial charge in [0.25, 0.3) is 0 Å². The number of hydrogen-bond donors (Lipinski definition) is 1. The van der Waals surface area contributed by atoms with E-state index in [1.807, 2.05) is 4.90 Å². The average molecular weight is 318 g/mol. The van der Waals surface area contributed by atoms with Gasteiger partial charge < -0.3 is 15.5 Å². The molecule has 0 saturated carbocycles. The predicted octanol–water partition coefficient (Wildman–Crippen LogP) is 1.13. The molecule has 23 heavy (non-hydrogen) atoms. The zero-order valence-corrected chi connectivity index (χ0v) is 14.5. The summed E-state index contributed by atoms with van der Waals surface area (Å²) in [6, 6.07) is 8.90. The Balaban J connectivity index is 1.79. The summed E-state index contributed by atoms with van der Waals surface area (Å²) in [5.41, 5.74) is 8.15. The lowest BCUT2D eigenvalue weighted by atomic mass is 10.1. The van der Waals surface area contributed by atoms with Crippen molar-refractivity contribution >= 4 is 5.91 Å². The molecular weight excluding hydrogens is 288 g/mol. The van der Waals surface area contributed by atoms with Crippen molar-refractivity contribution in [1.82, 2.24) is 14.7 Å². The molecule has 0 aromatic heterocycles. The molecule has 128 valence electrons. The molecule has 2 N–H and O–H groups in total. The molecule has 1 heterocycles. The van der Waals surface area contributed by atoms with Gasteiger partial charge in [-0.3, -0.25) is 9.69 Å². The number of nitrogens with zero attached hydrogens (tertiary/aromatic N) is 3. The van der Waals surface area contributed by atoms with Gasteiger partial charge in [-0.25, -0.2) is 0 Å². The summed E-state index contributed by atoms with van der Waals surface area (Å²) in [4.78, 5) is 18.5. The van der Waals surface area contributed by atoms with E-state index in [4.69, 9.17) is 5.73 Å². The topological polar surface area (TPSA) is 52.8 Å². The summed E-state index contributed by atoms with van der Waals surface area (Å²) in [7, 11) is 2.14. The van der Waals surface area contributed by atoms with E-state index in [-0.39, 0.29) is 5.91 Å². The van der Waals surface area contributed by atoms with Gasteiger partial charge >= 0.3 is 0 Å². The van der Waals surface area contributed by atoms with Gasteiger partial charge in [0.1, 0.15) is 0 Å². The first-order valence-electron chi connectivity index (χ1n) is 8.59. The lowest BCUT2D eigenvalue weighted by Crippen LogP contribution is -2.48. The largest absolute Gasteiger partial charge is 0.340 e. The molecule has 0 atom stereocenters. The summed E-state index contributed by atoms with van der Waals surface area (Å²) < 4.78 is 0. The fourth-order valence-electron chi connectivity index (χ4n) is 2.87.